The number of fused-ring (bicyclic) bond motifs is 9. The zero-order valence-corrected chi connectivity index (χ0v) is 54.2. The third kappa shape index (κ3) is 11.6. The number of hydrogen-bond acceptors (Lipinski definition) is 8. The molecule has 84 heavy (non-hydrogen) atoms. The number of hydrogen-bond donors (Lipinski definition) is 4. The van der Waals surface area contributed by atoms with E-state index in [-0.39, 0.29) is 0 Å². The van der Waals surface area contributed by atoms with Crippen molar-refractivity contribution in [2.45, 2.75) is 367 Å². The predicted octanol–water partition coefficient (Wildman–Crippen LogP) is 14.5. The van der Waals surface area contributed by atoms with Crippen molar-refractivity contribution in [1.82, 2.24) is 40.9 Å². The zero-order chi connectivity index (χ0) is 55.5. The molecule has 474 valence electrons. The van der Waals surface area contributed by atoms with Crippen molar-refractivity contribution in [3.63, 3.8) is 0 Å². The quantitative estimate of drug-likeness (QED) is 0.163. The molecule has 16 rings (SSSR count). The topological polar surface area (TPSA) is 61.1 Å². The summed E-state index contributed by atoms with van der Waals surface area (Å²) in [6, 6.07) is 12.0. The van der Waals surface area contributed by atoms with Crippen LogP contribution in [0.1, 0.15) is 283 Å². The van der Waals surface area contributed by atoms with Crippen LogP contribution >= 0.6 is 0 Å². The Hall–Kier alpha value is -0.320. The summed E-state index contributed by atoms with van der Waals surface area (Å²) < 4.78 is 0. The van der Waals surface area contributed by atoms with Crippen LogP contribution in [0.4, 0.5) is 0 Å². The third-order valence-electron chi connectivity index (χ3n) is 31.0. The van der Waals surface area contributed by atoms with E-state index >= 15 is 0 Å². The number of nitrogens with zero attached hydrogens (tertiary/aromatic N) is 4. The van der Waals surface area contributed by atoms with Crippen LogP contribution in [0.15, 0.2) is 0 Å². The van der Waals surface area contributed by atoms with Gasteiger partial charge in [-0.15, -0.1) is 0 Å². The van der Waals surface area contributed by atoms with Crippen molar-refractivity contribution in [3.8, 4) is 0 Å². The summed E-state index contributed by atoms with van der Waals surface area (Å²) in [4.78, 5) is 13.3. The van der Waals surface area contributed by atoms with Crippen LogP contribution in [0.3, 0.4) is 0 Å². The maximum absolute atomic E-state index is 4.27. The van der Waals surface area contributed by atoms with Gasteiger partial charge >= 0.3 is 0 Å². The third-order valence-corrected chi connectivity index (χ3v) is 31.0. The predicted molar refractivity (Wildman–Crippen MR) is 347 cm³/mol. The molecule has 0 spiro atoms. The molecule has 6 aliphatic heterocycles. The van der Waals surface area contributed by atoms with Gasteiger partial charge in [-0.2, -0.15) is 0 Å². The summed E-state index contributed by atoms with van der Waals surface area (Å²) in [7, 11) is 0. The minimum atomic E-state index is 0.744. The highest BCUT2D eigenvalue weighted by Gasteiger charge is 2.58. The van der Waals surface area contributed by atoms with Gasteiger partial charge in [0.2, 0.25) is 0 Å². The fraction of sp³-hybridized carbons (Fsp3) is 1.00. The minimum absolute atomic E-state index is 0.744. The summed E-state index contributed by atoms with van der Waals surface area (Å²) in [5.74, 6) is 11.5. The molecule has 6 saturated heterocycles. The van der Waals surface area contributed by atoms with Crippen LogP contribution in [0.5, 0.6) is 0 Å². The molecule has 0 radical (unpaired) electrons. The maximum atomic E-state index is 4.27. The van der Waals surface area contributed by atoms with Gasteiger partial charge in [0, 0.05) is 84.6 Å². The first-order chi connectivity index (χ1) is 41.7. The highest BCUT2D eigenvalue weighted by Crippen LogP contribution is 2.57. The second-order valence-electron chi connectivity index (χ2n) is 34.5. The van der Waals surface area contributed by atoms with Crippen LogP contribution in [0.25, 0.3) is 0 Å². The second kappa shape index (κ2) is 26.7. The summed E-state index contributed by atoms with van der Waals surface area (Å²) in [6.45, 7) is 7.74. The average Bonchev–Trinajstić information content (AvgIpc) is 2.87. The van der Waals surface area contributed by atoms with Gasteiger partial charge in [-0.1, -0.05) is 77.0 Å². The van der Waals surface area contributed by atoms with Gasteiger partial charge in [-0.3, -0.25) is 19.6 Å². The van der Waals surface area contributed by atoms with E-state index < -0.39 is 0 Å². The van der Waals surface area contributed by atoms with Gasteiger partial charge in [-0.25, -0.2) is 0 Å². The normalized spacial score (nSPS) is 48.2. The number of likely N-dealkylation sites (tertiary alicyclic amines) is 2. The molecule has 8 heteroatoms. The molecule has 4 N–H and O–H groups in total. The minimum Gasteiger partial charge on any atom is -0.316 e. The lowest BCUT2D eigenvalue weighted by molar-refractivity contribution is -0.0250. The van der Waals surface area contributed by atoms with E-state index in [1.54, 1.807) is 44.9 Å². The Kier molecular flexibility index (Phi) is 18.7. The van der Waals surface area contributed by atoms with Crippen molar-refractivity contribution >= 4 is 0 Å². The van der Waals surface area contributed by atoms with E-state index in [4.69, 9.17) is 0 Å². The van der Waals surface area contributed by atoms with Crippen LogP contribution in [0.2, 0.25) is 0 Å². The first-order valence-electron chi connectivity index (χ1n) is 39.6. The molecule has 0 aromatic rings. The molecule has 0 bridgehead atoms. The highest BCUT2D eigenvalue weighted by molar-refractivity contribution is 5.12. The van der Waals surface area contributed by atoms with Gasteiger partial charge < -0.3 is 21.3 Å². The maximum Gasteiger partial charge on any atom is 0.0254 e. The molecular weight excluding hydrogens is 1020 g/mol. The van der Waals surface area contributed by atoms with Crippen molar-refractivity contribution in [1.29, 1.82) is 0 Å². The van der Waals surface area contributed by atoms with E-state index in [9.17, 15) is 0 Å². The smallest absolute Gasteiger partial charge is 0.0254 e. The van der Waals surface area contributed by atoms with Gasteiger partial charge in [0.25, 0.3) is 0 Å². The van der Waals surface area contributed by atoms with Gasteiger partial charge in [0.05, 0.1) is 0 Å². The monoisotopic (exact) mass is 1160 g/mol. The largest absolute Gasteiger partial charge is 0.316 e. The van der Waals surface area contributed by atoms with Crippen LogP contribution in [-0.4, -0.2) is 143 Å². The highest BCUT2D eigenvalue weighted by atomic mass is 15.3. The molecule has 6 heterocycles. The van der Waals surface area contributed by atoms with E-state index in [1.165, 1.54) is 277 Å². The van der Waals surface area contributed by atoms with Crippen molar-refractivity contribution in [2.24, 2.45) is 71.0 Å². The molecule has 0 amide bonds. The SMILES string of the molecule is C1CCC(N(C2CCCCC2)C2CCC3C(C2)C2CNCCC2N3C2CCC(C3CC(C4CCC(N5C6CCNCC6C6CC(N(C7CCCCC7)C7CCCCC7)CCC65)CC4)CC(C4CCNC5C4CCC4CCCNC45)C3)CC2)CC1. The Balaban J connectivity index is 0.604. The number of nitrogens with one attached hydrogen (secondary N) is 4. The summed E-state index contributed by atoms with van der Waals surface area (Å²) in [5.41, 5.74) is 0. The summed E-state index contributed by atoms with van der Waals surface area (Å²) in [6.07, 6.45) is 66.6. The number of rotatable bonds is 11. The Morgan fingerprint density at radius 1 is 0.238 bits per heavy atom. The van der Waals surface area contributed by atoms with Crippen molar-refractivity contribution < 1.29 is 0 Å². The lowest BCUT2D eigenvalue weighted by atomic mass is 9.55. The summed E-state index contributed by atoms with van der Waals surface area (Å²) >= 11 is 0. The molecule has 0 aromatic heterocycles. The van der Waals surface area contributed by atoms with Gasteiger partial charge in [0.15, 0.2) is 0 Å². The Morgan fingerprint density at radius 2 is 0.667 bits per heavy atom. The van der Waals surface area contributed by atoms with E-state index in [2.05, 4.69) is 40.9 Å². The average molecular weight is 1160 g/mol. The molecular formula is C76H130N8. The van der Waals surface area contributed by atoms with Crippen LogP contribution in [-0.2, 0) is 0 Å². The Labute approximate surface area is 515 Å². The van der Waals surface area contributed by atoms with Gasteiger partial charge in [0.1, 0.15) is 0 Å². The molecule has 16 aliphatic rings. The van der Waals surface area contributed by atoms with Crippen LogP contribution in [0, 0.1) is 71.0 Å². The van der Waals surface area contributed by atoms with E-state index in [0.29, 0.717) is 0 Å². The molecule has 10 saturated carbocycles. The van der Waals surface area contributed by atoms with Crippen molar-refractivity contribution in [3.05, 3.63) is 0 Å². The molecule has 8 nitrogen and oxygen atoms in total. The standard InChI is InChI=1S/C76H130N8/c1-5-15-57(16-6-1)81(58-17-7-2-8-18-58)63-32-35-71-67(47-63)69-49-77-41-38-73(69)83(71)61-28-23-51(24-29-61)54-44-55(46-56(45-54)65-37-43-80-76-66(65)34-27-53-14-13-40-79-75(53)76)52-25-30-62(31-26-52)84-72-36-33-64(48-68(72)70-50-78-42-39-74(70)84)82(59-19-9-3-10-20-59)60-21-11-4-12-22-60/h51-80H,1-50H2. The van der Waals surface area contributed by atoms with E-state index in [1.807, 2.05) is 0 Å². The fourth-order valence-corrected chi connectivity index (χ4v) is 27.6. The van der Waals surface area contributed by atoms with E-state index in [0.717, 1.165) is 156 Å². The Bertz CT molecular complexity index is 1910. The lowest BCUT2D eigenvalue weighted by Crippen LogP contribution is -2.64. The number of piperidine rings is 4. The molecule has 16 fully saturated rings. The molecule has 10 aliphatic carbocycles. The first-order valence-corrected chi connectivity index (χ1v) is 39.6. The second-order valence-corrected chi connectivity index (χ2v) is 34.5. The lowest BCUT2D eigenvalue weighted by Gasteiger charge is -2.55. The van der Waals surface area contributed by atoms with Crippen molar-refractivity contribution in [2.75, 3.05) is 39.3 Å². The molecule has 0 aromatic carbocycles. The first kappa shape index (κ1) is 58.7. The fourth-order valence-electron chi connectivity index (χ4n) is 27.6. The van der Waals surface area contributed by atoms with Crippen LogP contribution < -0.4 is 21.3 Å². The Morgan fingerprint density at radius 3 is 1.14 bits per heavy atom. The summed E-state index contributed by atoms with van der Waals surface area (Å²) in [5, 5.41) is 16.5. The zero-order valence-electron chi connectivity index (χ0n) is 54.2. The molecule has 17 unspecified atom stereocenters. The van der Waals surface area contributed by atoms with Gasteiger partial charge in [-0.05, 0) is 316 Å². The molecule has 17 atom stereocenters.